The lowest BCUT2D eigenvalue weighted by Crippen LogP contribution is -2.12. The van der Waals surface area contributed by atoms with E-state index in [0.29, 0.717) is 39.3 Å². The van der Waals surface area contributed by atoms with Gasteiger partial charge in [-0.3, -0.25) is 9.59 Å². The van der Waals surface area contributed by atoms with Crippen LogP contribution in [0.2, 0.25) is 10.0 Å². The Hall–Kier alpha value is -3.02. The summed E-state index contributed by atoms with van der Waals surface area (Å²) in [6.45, 7) is 1.75. The van der Waals surface area contributed by atoms with Crippen LogP contribution in [0, 0.1) is 0 Å². The minimum absolute atomic E-state index is 0.149. The van der Waals surface area contributed by atoms with Crippen LogP contribution in [0.5, 0.6) is 5.75 Å². The average molecular weight is 429 g/mol. The monoisotopic (exact) mass is 428 g/mol. The smallest absolute Gasteiger partial charge is 0.255 e. The Balaban J connectivity index is 1.57. The quantitative estimate of drug-likeness (QED) is 0.522. The molecular weight excluding hydrogens is 411 g/mol. The molecule has 0 aliphatic carbocycles. The summed E-state index contributed by atoms with van der Waals surface area (Å²) in [5, 5.41) is 6.48. The van der Waals surface area contributed by atoms with Crippen molar-refractivity contribution in [2.45, 2.75) is 13.5 Å². The van der Waals surface area contributed by atoms with Crippen LogP contribution in [0.1, 0.15) is 22.8 Å². The van der Waals surface area contributed by atoms with Gasteiger partial charge < -0.3 is 15.4 Å². The van der Waals surface area contributed by atoms with Gasteiger partial charge in [0.2, 0.25) is 5.91 Å². The molecule has 0 fully saturated rings. The summed E-state index contributed by atoms with van der Waals surface area (Å²) in [7, 11) is 0. The summed E-state index contributed by atoms with van der Waals surface area (Å²) >= 11 is 12.0. The lowest BCUT2D eigenvalue weighted by Gasteiger charge is -2.10. The number of halogens is 2. The molecule has 0 atom stereocenters. The molecule has 0 unspecified atom stereocenters. The highest BCUT2D eigenvalue weighted by molar-refractivity contribution is 6.35. The van der Waals surface area contributed by atoms with Crippen LogP contribution >= 0.6 is 23.2 Å². The standard InChI is InChI=1S/C22H18Cl2N2O3/c1-14(27)25-18-7-9-19(10-8-18)26-22(28)16-4-2-15(3-5-16)13-29-21-11-6-17(23)12-20(21)24/h2-12H,13H2,1H3,(H,25,27)(H,26,28). The Bertz CT molecular complexity index is 1020. The molecule has 0 aliphatic heterocycles. The Morgan fingerprint density at radius 1 is 0.862 bits per heavy atom. The first-order chi connectivity index (χ1) is 13.9. The molecule has 2 N–H and O–H groups in total. The van der Waals surface area contributed by atoms with E-state index >= 15 is 0 Å². The Morgan fingerprint density at radius 3 is 2.07 bits per heavy atom. The number of anilines is 2. The number of ether oxygens (including phenoxy) is 1. The van der Waals surface area contributed by atoms with Crippen molar-refractivity contribution in [3.8, 4) is 5.75 Å². The van der Waals surface area contributed by atoms with Gasteiger partial charge in [0.25, 0.3) is 5.91 Å². The molecular formula is C22H18Cl2N2O3. The fourth-order valence-corrected chi connectivity index (χ4v) is 3.01. The van der Waals surface area contributed by atoms with Crippen LogP contribution in [0.15, 0.2) is 66.7 Å². The van der Waals surface area contributed by atoms with Crippen molar-refractivity contribution < 1.29 is 14.3 Å². The molecule has 3 aromatic rings. The Labute approximate surface area is 178 Å². The normalized spacial score (nSPS) is 10.3. The number of nitrogens with one attached hydrogen (secondary N) is 2. The van der Waals surface area contributed by atoms with Crippen molar-refractivity contribution in [3.63, 3.8) is 0 Å². The first kappa shape index (κ1) is 20.7. The zero-order chi connectivity index (χ0) is 20.8. The second kappa shape index (κ2) is 9.45. The van der Waals surface area contributed by atoms with Crippen LogP contribution in [0.3, 0.4) is 0 Å². The lowest BCUT2D eigenvalue weighted by molar-refractivity contribution is -0.114. The number of carbonyl (C=O) groups is 2. The molecule has 0 radical (unpaired) electrons. The molecule has 0 aliphatic rings. The molecule has 0 heterocycles. The predicted octanol–water partition coefficient (Wildman–Crippen LogP) is 5.78. The van der Waals surface area contributed by atoms with Gasteiger partial charge in [0, 0.05) is 28.9 Å². The molecule has 0 saturated heterocycles. The first-order valence-corrected chi connectivity index (χ1v) is 9.52. The van der Waals surface area contributed by atoms with Gasteiger partial charge in [0.1, 0.15) is 12.4 Å². The van der Waals surface area contributed by atoms with E-state index in [2.05, 4.69) is 10.6 Å². The summed E-state index contributed by atoms with van der Waals surface area (Å²) in [6.07, 6.45) is 0. The van der Waals surface area contributed by atoms with Crippen molar-refractivity contribution in [2.24, 2.45) is 0 Å². The summed E-state index contributed by atoms with van der Waals surface area (Å²) < 4.78 is 5.69. The van der Waals surface area contributed by atoms with E-state index in [9.17, 15) is 9.59 Å². The van der Waals surface area contributed by atoms with Crippen molar-refractivity contribution in [2.75, 3.05) is 10.6 Å². The third-order valence-electron chi connectivity index (χ3n) is 3.97. The molecule has 2 amide bonds. The SMILES string of the molecule is CC(=O)Nc1ccc(NC(=O)c2ccc(COc3ccc(Cl)cc3Cl)cc2)cc1. The van der Waals surface area contributed by atoms with Crippen molar-refractivity contribution >= 4 is 46.4 Å². The number of benzene rings is 3. The zero-order valence-electron chi connectivity index (χ0n) is 15.5. The van der Waals surface area contributed by atoms with Gasteiger partial charge >= 0.3 is 0 Å². The maximum Gasteiger partial charge on any atom is 0.255 e. The van der Waals surface area contributed by atoms with Gasteiger partial charge in [-0.15, -0.1) is 0 Å². The van der Waals surface area contributed by atoms with E-state index in [0.717, 1.165) is 5.56 Å². The van der Waals surface area contributed by atoms with Crippen molar-refractivity contribution in [1.82, 2.24) is 0 Å². The van der Waals surface area contributed by atoms with Gasteiger partial charge in [0.05, 0.1) is 5.02 Å². The second-order valence-electron chi connectivity index (χ2n) is 6.27. The van der Waals surface area contributed by atoms with Crippen LogP contribution in [0.4, 0.5) is 11.4 Å². The third kappa shape index (κ3) is 5.98. The Kier molecular flexibility index (Phi) is 6.75. The maximum atomic E-state index is 12.4. The molecule has 3 aromatic carbocycles. The average Bonchev–Trinajstić information content (AvgIpc) is 2.69. The van der Waals surface area contributed by atoms with Gasteiger partial charge in [-0.05, 0) is 60.2 Å². The van der Waals surface area contributed by atoms with Gasteiger partial charge in [-0.2, -0.15) is 0 Å². The predicted molar refractivity (Wildman–Crippen MR) is 116 cm³/mol. The fourth-order valence-electron chi connectivity index (χ4n) is 2.55. The largest absolute Gasteiger partial charge is 0.487 e. The number of carbonyl (C=O) groups excluding carboxylic acids is 2. The minimum Gasteiger partial charge on any atom is -0.487 e. The Morgan fingerprint density at radius 2 is 1.48 bits per heavy atom. The summed E-state index contributed by atoms with van der Waals surface area (Å²) in [6, 6.07) is 19.0. The number of hydrogen-bond acceptors (Lipinski definition) is 3. The molecule has 3 rings (SSSR count). The summed E-state index contributed by atoms with van der Waals surface area (Å²) in [5.74, 6) is 0.162. The van der Waals surface area contributed by atoms with Crippen LogP contribution in [-0.2, 0) is 11.4 Å². The summed E-state index contributed by atoms with van der Waals surface area (Å²) in [4.78, 5) is 23.4. The molecule has 5 nitrogen and oxygen atoms in total. The maximum absolute atomic E-state index is 12.4. The van der Waals surface area contributed by atoms with E-state index in [-0.39, 0.29) is 11.8 Å². The van der Waals surface area contributed by atoms with Crippen molar-refractivity contribution in [3.05, 3.63) is 87.9 Å². The van der Waals surface area contributed by atoms with E-state index in [1.807, 2.05) is 12.1 Å². The zero-order valence-corrected chi connectivity index (χ0v) is 17.1. The first-order valence-electron chi connectivity index (χ1n) is 8.76. The van der Waals surface area contributed by atoms with Crippen LogP contribution in [-0.4, -0.2) is 11.8 Å². The van der Waals surface area contributed by atoms with Gasteiger partial charge in [0.15, 0.2) is 0 Å². The topological polar surface area (TPSA) is 67.4 Å². The highest BCUT2D eigenvalue weighted by Crippen LogP contribution is 2.28. The molecule has 0 saturated carbocycles. The molecule has 148 valence electrons. The van der Waals surface area contributed by atoms with E-state index in [1.165, 1.54) is 6.92 Å². The van der Waals surface area contributed by atoms with Crippen LogP contribution in [0.25, 0.3) is 0 Å². The fraction of sp³-hybridized carbons (Fsp3) is 0.0909. The lowest BCUT2D eigenvalue weighted by atomic mass is 10.1. The minimum atomic E-state index is -0.231. The number of amides is 2. The molecule has 7 heteroatoms. The van der Waals surface area contributed by atoms with E-state index < -0.39 is 0 Å². The molecule has 29 heavy (non-hydrogen) atoms. The summed E-state index contributed by atoms with van der Waals surface area (Å²) in [5.41, 5.74) is 2.71. The number of rotatable bonds is 6. The van der Waals surface area contributed by atoms with Gasteiger partial charge in [-0.1, -0.05) is 35.3 Å². The molecule has 0 bridgehead atoms. The van der Waals surface area contributed by atoms with Gasteiger partial charge in [-0.25, -0.2) is 0 Å². The van der Waals surface area contributed by atoms with Crippen LogP contribution < -0.4 is 15.4 Å². The molecule has 0 aromatic heterocycles. The highest BCUT2D eigenvalue weighted by Gasteiger charge is 2.08. The molecule has 0 spiro atoms. The highest BCUT2D eigenvalue weighted by atomic mass is 35.5. The van der Waals surface area contributed by atoms with E-state index in [4.69, 9.17) is 27.9 Å². The third-order valence-corrected chi connectivity index (χ3v) is 4.50. The van der Waals surface area contributed by atoms with Crippen molar-refractivity contribution in [1.29, 1.82) is 0 Å². The van der Waals surface area contributed by atoms with E-state index in [1.54, 1.807) is 54.6 Å². The number of hydrogen-bond donors (Lipinski definition) is 2. The second-order valence-corrected chi connectivity index (χ2v) is 7.12.